The molecular formula is C22H28F2N4O3. The first-order valence-corrected chi connectivity index (χ1v) is 9.96. The number of halogens is 2. The van der Waals surface area contributed by atoms with Crippen LogP contribution in [0.5, 0.6) is 11.5 Å². The monoisotopic (exact) mass is 434 g/mol. The standard InChI is InChI=1S/C22H28F2N4O3/c1-3-25-22(28-15-20(29)26-12-11-16-7-5-4-6-8-16)27-14-17-13-18(30-2)9-10-19(17)31-21(23)24/h4-10,13,21H,3,11-12,14-15H2,1-2H3,(H,26,29)(H2,25,27,28). The van der Waals surface area contributed by atoms with Crippen molar-refractivity contribution in [3.63, 3.8) is 0 Å². The van der Waals surface area contributed by atoms with E-state index < -0.39 is 6.61 Å². The molecule has 0 aliphatic rings. The molecule has 7 nitrogen and oxygen atoms in total. The minimum absolute atomic E-state index is 0.0223. The zero-order chi connectivity index (χ0) is 22.5. The molecule has 168 valence electrons. The Morgan fingerprint density at radius 3 is 2.55 bits per heavy atom. The molecule has 2 rings (SSSR count). The van der Waals surface area contributed by atoms with Crippen molar-refractivity contribution in [2.75, 3.05) is 26.7 Å². The zero-order valence-electron chi connectivity index (χ0n) is 17.7. The number of amides is 1. The summed E-state index contributed by atoms with van der Waals surface area (Å²) < 4.78 is 35.0. The summed E-state index contributed by atoms with van der Waals surface area (Å²) >= 11 is 0. The molecule has 0 saturated heterocycles. The van der Waals surface area contributed by atoms with Crippen LogP contribution >= 0.6 is 0 Å². The number of nitrogens with one attached hydrogen (secondary N) is 3. The molecule has 0 aliphatic carbocycles. The third-order valence-corrected chi connectivity index (χ3v) is 4.23. The number of alkyl halides is 2. The summed E-state index contributed by atoms with van der Waals surface area (Å²) in [4.78, 5) is 16.5. The maximum atomic E-state index is 12.7. The van der Waals surface area contributed by atoms with E-state index in [1.54, 1.807) is 6.07 Å². The Hall–Kier alpha value is -3.36. The molecule has 31 heavy (non-hydrogen) atoms. The average Bonchev–Trinajstić information content (AvgIpc) is 2.77. The van der Waals surface area contributed by atoms with Crippen molar-refractivity contribution < 1.29 is 23.0 Å². The van der Waals surface area contributed by atoms with E-state index in [9.17, 15) is 13.6 Å². The number of methoxy groups -OCH3 is 1. The van der Waals surface area contributed by atoms with Crippen LogP contribution in [0.2, 0.25) is 0 Å². The number of carbonyl (C=O) groups is 1. The van der Waals surface area contributed by atoms with E-state index in [2.05, 4.69) is 25.7 Å². The van der Waals surface area contributed by atoms with E-state index in [1.165, 1.54) is 19.2 Å². The van der Waals surface area contributed by atoms with Gasteiger partial charge in [0.1, 0.15) is 11.5 Å². The van der Waals surface area contributed by atoms with E-state index >= 15 is 0 Å². The molecule has 0 aromatic heterocycles. The predicted molar refractivity (Wildman–Crippen MR) is 116 cm³/mol. The highest BCUT2D eigenvalue weighted by atomic mass is 19.3. The van der Waals surface area contributed by atoms with Crippen LogP contribution in [-0.2, 0) is 17.8 Å². The molecule has 0 bridgehead atoms. The molecule has 0 fully saturated rings. The molecule has 1 amide bonds. The number of carbonyl (C=O) groups excluding carboxylic acids is 1. The van der Waals surface area contributed by atoms with Gasteiger partial charge in [-0.15, -0.1) is 0 Å². The fourth-order valence-corrected chi connectivity index (χ4v) is 2.74. The summed E-state index contributed by atoms with van der Waals surface area (Å²) in [6, 6.07) is 14.4. The first-order valence-electron chi connectivity index (χ1n) is 9.96. The topological polar surface area (TPSA) is 84.0 Å². The van der Waals surface area contributed by atoms with Crippen LogP contribution in [0.3, 0.4) is 0 Å². The van der Waals surface area contributed by atoms with Crippen LogP contribution in [0.1, 0.15) is 18.1 Å². The Bertz CT molecular complexity index is 848. The van der Waals surface area contributed by atoms with Gasteiger partial charge in [-0.25, -0.2) is 4.99 Å². The summed E-state index contributed by atoms with van der Waals surface area (Å²) in [5, 5.41) is 8.80. The van der Waals surface area contributed by atoms with Gasteiger partial charge in [0.25, 0.3) is 0 Å². The van der Waals surface area contributed by atoms with Gasteiger partial charge in [-0.2, -0.15) is 8.78 Å². The Morgan fingerprint density at radius 1 is 1.10 bits per heavy atom. The number of hydrogen-bond donors (Lipinski definition) is 3. The number of nitrogens with zero attached hydrogens (tertiary/aromatic N) is 1. The van der Waals surface area contributed by atoms with Crippen LogP contribution < -0.4 is 25.4 Å². The highest BCUT2D eigenvalue weighted by molar-refractivity contribution is 5.86. The lowest BCUT2D eigenvalue weighted by Crippen LogP contribution is -2.43. The van der Waals surface area contributed by atoms with Crippen molar-refractivity contribution in [2.24, 2.45) is 4.99 Å². The fraction of sp³-hybridized carbons (Fsp3) is 0.364. The van der Waals surface area contributed by atoms with Crippen LogP contribution in [0.25, 0.3) is 0 Å². The lowest BCUT2D eigenvalue weighted by atomic mass is 10.1. The van der Waals surface area contributed by atoms with E-state index in [4.69, 9.17) is 4.74 Å². The summed E-state index contributed by atoms with van der Waals surface area (Å²) in [6.45, 7) is 0.121. The molecule has 0 radical (unpaired) electrons. The third-order valence-electron chi connectivity index (χ3n) is 4.23. The third kappa shape index (κ3) is 8.90. The normalized spacial score (nSPS) is 11.2. The van der Waals surface area contributed by atoms with Crippen LogP contribution in [0.4, 0.5) is 8.78 Å². The minimum Gasteiger partial charge on any atom is -0.497 e. The molecular weight excluding hydrogens is 406 g/mol. The molecule has 0 heterocycles. The van der Waals surface area contributed by atoms with Crippen molar-refractivity contribution >= 4 is 11.9 Å². The first kappa shape index (κ1) is 23.9. The molecule has 3 N–H and O–H groups in total. The van der Waals surface area contributed by atoms with Gasteiger partial charge in [0.15, 0.2) is 5.96 Å². The Labute approximate surface area is 180 Å². The largest absolute Gasteiger partial charge is 0.497 e. The molecule has 0 unspecified atom stereocenters. The van der Waals surface area contributed by atoms with Crippen molar-refractivity contribution in [2.45, 2.75) is 26.5 Å². The summed E-state index contributed by atoms with van der Waals surface area (Å²) in [5.41, 5.74) is 1.58. The Balaban J connectivity index is 1.91. The molecule has 2 aromatic carbocycles. The maximum Gasteiger partial charge on any atom is 0.387 e. The Kier molecular flexibility index (Phi) is 10.1. The predicted octanol–water partition coefficient (Wildman–Crippen LogP) is 2.71. The molecule has 0 aliphatic heterocycles. The lowest BCUT2D eigenvalue weighted by molar-refractivity contribution is -0.119. The van der Waals surface area contributed by atoms with Crippen molar-refractivity contribution in [3.8, 4) is 11.5 Å². The van der Waals surface area contributed by atoms with E-state index in [0.29, 0.717) is 30.4 Å². The van der Waals surface area contributed by atoms with Gasteiger partial charge in [-0.3, -0.25) is 4.79 Å². The first-order chi connectivity index (χ1) is 15.0. The highest BCUT2D eigenvalue weighted by Crippen LogP contribution is 2.26. The molecule has 0 spiro atoms. The van der Waals surface area contributed by atoms with E-state index in [-0.39, 0.29) is 24.7 Å². The molecule has 9 heteroatoms. The van der Waals surface area contributed by atoms with Gasteiger partial charge in [0, 0.05) is 18.7 Å². The maximum absolute atomic E-state index is 12.7. The number of hydrogen-bond acceptors (Lipinski definition) is 4. The Morgan fingerprint density at radius 2 is 1.87 bits per heavy atom. The van der Waals surface area contributed by atoms with E-state index in [0.717, 1.165) is 12.0 Å². The molecule has 0 saturated carbocycles. The second kappa shape index (κ2) is 13.0. The summed E-state index contributed by atoms with van der Waals surface area (Å²) in [6.07, 6.45) is 0.740. The van der Waals surface area contributed by atoms with Crippen LogP contribution in [0, 0.1) is 0 Å². The van der Waals surface area contributed by atoms with Crippen molar-refractivity contribution in [3.05, 3.63) is 59.7 Å². The van der Waals surface area contributed by atoms with Gasteiger partial charge in [-0.1, -0.05) is 30.3 Å². The van der Waals surface area contributed by atoms with Crippen molar-refractivity contribution in [1.82, 2.24) is 16.0 Å². The number of ether oxygens (including phenoxy) is 2. The van der Waals surface area contributed by atoms with Crippen molar-refractivity contribution in [1.29, 1.82) is 0 Å². The molecule has 0 atom stereocenters. The van der Waals surface area contributed by atoms with Gasteiger partial charge in [0.2, 0.25) is 5.91 Å². The zero-order valence-corrected chi connectivity index (χ0v) is 17.7. The lowest BCUT2D eigenvalue weighted by Gasteiger charge is -2.13. The molecule has 2 aromatic rings. The van der Waals surface area contributed by atoms with E-state index in [1.807, 2.05) is 37.3 Å². The van der Waals surface area contributed by atoms with Gasteiger partial charge in [0.05, 0.1) is 20.2 Å². The quantitative estimate of drug-likeness (QED) is 0.374. The van der Waals surface area contributed by atoms with Crippen LogP contribution in [-0.4, -0.2) is 45.2 Å². The second-order valence-corrected chi connectivity index (χ2v) is 6.49. The number of guanidine groups is 1. The number of rotatable bonds is 11. The fourth-order valence-electron chi connectivity index (χ4n) is 2.74. The number of benzene rings is 2. The highest BCUT2D eigenvalue weighted by Gasteiger charge is 2.11. The smallest absolute Gasteiger partial charge is 0.387 e. The van der Waals surface area contributed by atoms with Gasteiger partial charge in [-0.05, 0) is 37.1 Å². The van der Waals surface area contributed by atoms with Gasteiger partial charge < -0.3 is 25.4 Å². The summed E-state index contributed by atoms with van der Waals surface area (Å²) in [5.74, 6) is 0.729. The van der Waals surface area contributed by atoms with Gasteiger partial charge >= 0.3 is 6.61 Å². The number of aliphatic imine (C=N–C) groups is 1. The minimum atomic E-state index is -2.94. The average molecular weight is 434 g/mol. The summed E-state index contributed by atoms with van der Waals surface area (Å²) in [7, 11) is 1.48. The SMILES string of the molecule is CCNC(=NCc1cc(OC)ccc1OC(F)F)NCC(=O)NCCc1ccccc1. The van der Waals surface area contributed by atoms with Crippen LogP contribution in [0.15, 0.2) is 53.5 Å². The second-order valence-electron chi connectivity index (χ2n) is 6.49.